The molecule has 2 atom stereocenters. The Morgan fingerprint density at radius 3 is 2.40 bits per heavy atom. The van der Waals surface area contributed by atoms with Crippen molar-refractivity contribution in [2.45, 2.75) is 25.1 Å². The Labute approximate surface area is 149 Å². The van der Waals surface area contributed by atoms with Crippen molar-refractivity contribution in [3.63, 3.8) is 0 Å². The third kappa shape index (κ3) is 7.90. The third-order valence-corrected chi connectivity index (χ3v) is 3.87. The van der Waals surface area contributed by atoms with E-state index in [1.807, 2.05) is 24.5 Å². The fourth-order valence-corrected chi connectivity index (χ4v) is 2.34. The van der Waals surface area contributed by atoms with Crippen LogP contribution >= 0.6 is 11.8 Å². The summed E-state index contributed by atoms with van der Waals surface area (Å²) < 4.78 is 5.06. The minimum Gasteiger partial charge on any atom is -0.480 e. The number of aliphatic carboxylic acids is 1. The van der Waals surface area contributed by atoms with Gasteiger partial charge in [0.1, 0.15) is 18.7 Å². The Bertz CT molecular complexity index is 569. The van der Waals surface area contributed by atoms with Gasteiger partial charge in [-0.1, -0.05) is 30.3 Å². The van der Waals surface area contributed by atoms with Gasteiger partial charge in [0.05, 0.1) is 6.61 Å². The van der Waals surface area contributed by atoms with Gasteiger partial charge in [-0.3, -0.25) is 4.79 Å². The summed E-state index contributed by atoms with van der Waals surface area (Å²) >= 11 is 1.48. The molecule has 0 aromatic heterocycles. The molecule has 0 saturated carbocycles. The van der Waals surface area contributed by atoms with E-state index in [0.29, 0.717) is 12.2 Å². The first-order valence-electron chi connectivity index (χ1n) is 7.58. The number of carbonyl (C=O) groups is 3. The molecule has 0 radical (unpaired) electrons. The Hall–Kier alpha value is -2.26. The van der Waals surface area contributed by atoms with Crippen LogP contribution in [0.1, 0.15) is 12.0 Å². The number of hydrogen-bond acceptors (Lipinski definition) is 6. The maximum atomic E-state index is 12.2. The van der Waals surface area contributed by atoms with Crippen molar-refractivity contribution in [1.29, 1.82) is 0 Å². The van der Waals surface area contributed by atoms with Crippen LogP contribution in [-0.2, 0) is 20.9 Å². The molecule has 0 bridgehead atoms. The van der Waals surface area contributed by atoms with Gasteiger partial charge >= 0.3 is 12.1 Å². The number of aliphatic hydroxyl groups excluding tert-OH is 1. The van der Waals surface area contributed by atoms with Crippen molar-refractivity contribution in [2.75, 3.05) is 18.6 Å². The Morgan fingerprint density at radius 1 is 1.16 bits per heavy atom. The highest BCUT2D eigenvalue weighted by Gasteiger charge is 2.26. The first-order chi connectivity index (χ1) is 12.0. The van der Waals surface area contributed by atoms with E-state index in [9.17, 15) is 14.4 Å². The number of amides is 2. The molecule has 9 heteroatoms. The van der Waals surface area contributed by atoms with Crippen molar-refractivity contribution < 1.29 is 29.3 Å². The maximum Gasteiger partial charge on any atom is 0.408 e. The highest BCUT2D eigenvalue weighted by molar-refractivity contribution is 7.98. The average molecular weight is 370 g/mol. The fourth-order valence-electron chi connectivity index (χ4n) is 1.87. The van der Waals surface area contributed by atoms with E-state index >= 15 is 0 Å². The van der Waals surface area contributed by atoms with Gasteiger partial charge < -0.3 is 25.6 Å². The lowest BCUT2D eigenvalue weighted by Crippen LogP contribution is -2.53. The van der Waals surface area contributed by atoms with Crippen LogP contribution in [0.15, 0.2) is 30.3 Å². The minimum absolute atomic E-state index is 0.0535. The van der Waals surface area contributed by atoms with Crippen LogP contribution in [0.25, 0.3) is 0 Å². The summed E-state index contributed by atoms with van der Waals surface area (Å²) in [6.45, 7) is -0.688. The molecule has 0 spiro atoms. The van der Waals surface area contributed by atoms with Gasteiger partial charge in [-0.2, -0.15) is 11.8 Å². The molecule has 0 heterocycles. The van der Waals surface area contributed by atoms with Crippen LogP contribution in [-0.4, -0.2) is 58.9 Å². The van der Waals surface area contributed by atoms with Gasteiger partial charge in [0.25, 0.3) is 0 Å². The fraction of sp³-hybridized carbons (Fsp3) is 0.438. The molecule has 0 aliphatic carbocycles. The van der Waals surface area contributed by atoms with Crippen LogP contribution in [0, 0.1) is 0 Å². The van der Waals surface area contributed by atoms with Gasteiger partial charge in [0, 0.05) is 0 Å². The second-order valence-corrected chi connectivity index (χ2v) is 6.11. The maximum absolute atomic E-state index is 12.2. The molecular formula is C16H22N2O6S. The molecule has 8 nitrogen and oxygen atoms in total. The summed E-state index contributed by atoms with van der Waals surface area (Å²) in [7, 11) is 0. The largest absolute Gasteiger partial charge is 0.480 e. The van der Waals surface area contributed by atoms with E-state index in [4.69, 9.17) is 14.9 Å². The molecule has 4 N–H and O–H groups in total. The summed E-state index contributed by atoms with van der Waals surface area (Å²) in [4.78, 5) is 35.0. The standard InChI is InChI=1S/C16H22N2O6S/c1-25-8-7-12(14(20)17-13(9-19)15(21)22)18-16(23)24-10-11-5-3-2-4-6-11/h2-6,12-13,19H,7-10H2,1H3,(H,17,20)(H,18,23)(H,21,22)/t12-,13+/m1/s1. The van der Waals surface area contributed by atoms with Crippen LogP contribution in [0.5, 0.6) is 0 Å². The van der Waals surface area contributed by atoms with E-state index in [2.05, 4.69) is 10.6 Å². The van der Waals surface area contributed by atoms with Crippen molar-refractivity contribution in [2.24, 2.45) is 0 Å². The van der Waals surface area contributed by atoms with Gasteiger partial charge in [-0.15, -0.1) is 0 Å². The molecule has 0 unspecified atom stereocenters. The number of thioether (sulfide) groups is 1. The molecule has 0 aliphatic heterocycles. The number of carbonyl (C=O) groups excluding carboxylic acids is 2. The predicted molar refractivity (Wildman–Crippen MR) is 93.2 cm³/mol. The Kier molecular flexibility index (Phi) is 9.41. The summed E-state index contributed by atoms with van der Waals surface area (Å²) in [5.74, 6) is -1.47. The number of rotatable bonds is 10. The minimum atomic E-state index is -1.42. The van der Waals surface area contributed by atoms with Gasteiger partial charge in [-0.25, -0.2) is 9.59 Å². The molecule has 138 valence electrons. The van der Waals surface area contributed by atoms with Gasteiger partial charge in [0.2, 0.25) is 5.91 Å². The number of carboxylic acids is 1. The van der Waals surface area contributed by atoms with E-state index in [0.717, 1.165) is 5.56 Å². The van der Waals surface area contributed by atoms with E-state index < -0.39 is 36.7 Å². The van der Waals surface area contributed by atoms with Gasteiger partial charge in [-0.05, 0) is 24.0 Å². The molecule has 1 rings (SSSR count). The third-order valence-electron chi connectivity index (χ3n) is 3.23. The summed E-state index contributed by atoms with van der Waals surface area (Å²) in [6.07, 6.45) is 1.36. The number of hydrogen-bond donors (Lipinski definition) is 4. The van der Waals surface area contributed by atoms with Crippen LogP contribution < -0.4 is 10.6 Å². The Morgan fingerprint density at radius 2 is 1.84 bits per heavy atom. The molecule has 0 aliphatic rings. The number of aliphatic hydroxyl groups is 1. The molecule has 1 aromatic carbocycles. The molecular weight excluding hydrogens is 348 g/mol. The highest BCUT2D eigenvalue weighted by atomic mass is 32.2. The monoisotopic (exact) mass is 370 g/mol. The quantitative estimate of drug-likeness (QED) is 0.475. The first kappa shape index (κ1) is 20.8. The number of carboxylic acid groups (broad SMARTS) is 1. The van der Waals surface area contributed by atoms with E-state index in [1.165, 1.54) is 11.8 Å². The molecule has 25 heavy (non-hydrogen) atoms. The van der Waals surface area contributed by atoms with Crippen LogP contribution in [0.3, 0.4) is 0 Å². The number of nitrogens with one attached hydrogen (secondary N) is 2. The molecule has 1 aromatic rings. The van der Waals surface area contributed by atoms with E-state index in [1.54, 1.807) is 12.1 Å². The summed E-state index contributed by atoms with van der Waals surface area (Å²) in [6, 6.07) is 6.68. The molecule has 0 saturated heterocycles. The average Bonchev–Trinajstić information content (AvgIpc) is 2.61. The first-order valence-corrected chi connectivity index (χ1v) is 8.97. The zero-order valence-electron chi connectivity index (χ0n) is 13.8. The second kappa shape index (κ2) is 11.3. The van der Waals surface area contributed by atoms with Crippen molar-refractivity contribution in [1.82, 2.24) is 10.6 Å². The Balaban J connectivity index is 2.59. The number of benzene rings is 1. The van der Waals surface area contributed by atoms with E-state index in [-0.39, 0.29) is 6.61 Å². The SMILES string of the molecule is CSCC[C@@H](NC(=O)OCc1ccccc1)C(=O)N[C@@H](CO)C(=O)O. The van der Waals surface area contributed by atoms with Crippen molar-refractivity contribution in [3.8, 4) is 0 Å². The highest BCUT2D eigenvalue weighted by Crippen LogP contribution is 2.04. The van der Waals surface area contributed by atoms with Crippen molar-refractivity contribution >= 4 is 29.7 Å². The molecule has 0 fully saturated rings. The van der Waals surface area contributed by atoms with Crippen molar-refractivity contribution in [3.05, 3.63) is 35.9 Å². The lowest BCUT2D eigenvalue weighted by atomic mass is 10.2. The predicted octanol–water partition coefficient (Wildman–Crippen LogP) is 0.596. The second-order valence-electron chi connectivity index (χ2n) is 5.12. The number of alkyl carbamates (subject to hydrolysis) is 1. The lowest BCUT2D eigenvalue weighted by molar-refractivity contribution is -0.143. The van der Waals surface area contributed by atoms with Crippen LogP contribution in [0.4, 0.5) is 4.79 Å². The molecule has 2 amide bonds. The topological polar surface area (TPSA) is 125 Å². The van der Waals surface area contributed by atoms with Gasteiger partial charge in [0.15, 0.2) is 0 Å². The summed E-state index contributed by atoms with van der Waals surface area (Å²) in [5.41, 5.74) is 0.800. The zero-order valence-corrected chi connectivity index (χ0v) is 14.6. The smallest absolute Gasteiger partial charge is 0.408 e. The number of ether oxygens (including phenoxy) is 1. The lowest BCUT2D eigenvalue weighted by Gasteiger charge is -2.20. The zero-order chi connectivity index (χ0) is 18.7. The normalized spacial score (nSPS) is 12.7. The summed E-state index contributed by atoms with van der Waals surface area (Å²) in [5, 5.41) is 22.5. The van der Waals surface area contributed by atoms with Crippen LogP contribution in [0.2, 0.25) is 0 Å².